The highest BCUT2D eigenvalue weighted by Gasteiger charge is 2.35. The van der Waals surface area contributed by atoms with Crippen molar-refractivity contribution in [3.63, 3.8) is 0 Å². The lowest BCUT2D eigenvalue weighted by Crippen LogP contribution is -2.49. The van der Waals surface area contributed by atoms with E-state index in [-0.39, 0.29) is 29.4 Å². The summed E-state index contributed by atoms with van der Waals surface area (Å²) in [6.07, 6.45) is 2.74. The first-order valence-corrected chi connectivity index (χ1v) is 12.8. The zero-order valence-electron chi connectivity index (χ0n) is 21.6. The Balaban J connectivity index is 1.28. The predicted molar refractivity (Wildman–Crippen MR) is 143 cm³/mol. The maximum absolute atomic E-state index is 13.3. The van der Waals surface area contributed by atoms with E-state index in [4.69, 9.17) is 0 Å². The molecule has 1 N–H and O–H groups in total. The maximum atomic E-state index is 13.3. The predicted octanol–water partition coefficient (Wildman–Crippen LogP) is 3.65. The standard InChI is InChI=1S/C29H33N5O3/c1-20-9-11-23(12-10-20)27-25-26(31-32(27)3)28(36)34(19-30-25)18-29(37)13-15-33(16-14-29)24(35)17-21(2)22-7-5-4-6-8-22/h4-12,19,21,37H,13-18H2,1-3H3. The largest absolute Gasteiger partial charge is 0.388 e. The maximum Gasteiger partial charge on any atom is 0.281 e. The number of amides is 1. The fraction of sp³-hybridized carbons (Fsp3) is 0.379. The molecule has 2 aromatic heterocycles. The van der Waals surface area contributed by atoms with Crippen LogP contribution in [0, 0.1) is 6.92 Å². The Kier molecular flexibility index (Phi) is 6.69. The van der Waals surface area contributed by atoms with E-state index in [1.807, 2.05) is 66.4 Å². The van der Waals surface area contributed by atoms with E-state index in [9.17, 15) is 14.7 Å². The number of carbonyl (C=O) groups excluding carboxylic acids is 1. The first kappa shape index (κ1) is 24.9. The van der Waals surface area contributed by atoms with Crippen LogP contribution in [0.15, 0.2) is 65.7 Å². The highest BCUT2D eigenvalue weighted by Crippen LogP contribution is 2.28. The van der Waals surface area contributed by atoms with Crippen molar-refractivity contribution in [2.75, 3.05) is 13.1 Å². The number of hydrogen-bond acceptors (Lipinski definition) is 5. The van der Waals surface area contributed by atoms with Crippen LogP contribution in [0.4, 0.5) is 0 Å². The first-order valence-electron chi connectivity index (χ1n) is 12.8. The van der Waals surface area contributed by atoms with Crippen LogP contribution in [0.1, 0.15) is 43.2 Å². The van der Waals surface area contributed by atoms with Crippen LogP contribution in [-0.2, 0) is 18.4 Å². The van der Waals surface area contributed by atoms with Gasteiger partial charge in [0.05, 0.1) is 24.2 Å². The topological polar surface area (TPSA) is 93.2 Å². The van der Waals surface area contributed by atoms with Gasteiger partial charge >= 0.3 is 0 Å². The first-order chi connectivity index (χ1) is 17.7. The lowest BCUT2D eigenvalue weighted by Gasteiger charge is -2.38. The Morgan fingerprint density at radius 3 is 2.41 bits per heavy atom. The molecule has 2 aromatic carbocycles. The van der Waals surface area contributed by atoms with Gasteiger partial charge in [0.15, 0.2) is 5.52 Å². The second kappa shape index (κ2) is 9.94. The van der Waals surface area contributed by atoms with Crippen LogP contribution in [-0.4, -0.2) is 53.9 Å². The monoisotopic (exact) mass is 499 g/mol. The summed E-state index contributed by atoms with van der Waals surface area (Å²) >= 11 is 0. The summed E-state index contributed by atoms with van der Waals surface area (Å²) in [7, 11) is 1.81. The van der Waals surface area contributed by atoms with E-state index in [1.54, 1.807) is 11.7 Å². The minimum atomic E-state index is -1.09. The summed E-state index contributed by atoms with van der Waals surface area (Å²) in [6, 6.07) is 18.1. The second-order valence-corrected chi connectivity index (χ2v) is 10.3. The molecule has 4 aromatic rings. The number of likely N-dealkylation sites (tertiary alicyclic amines) is 1. The molecule has 1 fully saturated rings. The molecule has 3 heterocycles. The number of rotatable bonds is 6. The van der Waals surface area contributed by atoms with Gasteiger partial charge in [0.1, 0.15) is 5.52 Å². The molecule has 1 aliphatic heterocycles. The molecule has 1 saturated heterocycles. The van der Waals surface area contributed by atoms with Crippen LogP contribution < -0.4 is 5.56 Å². The van der Waals surface area contributed by atoms with E-state index in [0.29, 0.717) is 37.9 Å². The molecular weight excluding hydrogens is 466 g/mol. The average Bonchev–Trinajstić information content (AvgIpc) is 3.23. The zero-order chi connectivity index (χ0) is 26.2. The van der Waals surface area contributed by atoms with Crippen molar-refractivity contribution in [3.05, 3.63) is 82.4 Å². The number of carbonyl (C=O) groups is 1. The fourth-order valence-electron chi connectivity index (χ4n) is 5.18. The Morgan fingerprint density at radius 1 is 1.05 bits per heavy atom. The Morgan fingerprint density at radius 2 is 1.73 bits per heavy atom. The van der Waals surface area contributed by atoms with Gasteiger partial charge < -0.3 is 10.0 Å². The minimum absolute atomic E-state index is 0.0933. The van der Waals surface area contributed by atoms with Gasteiger partial charge in [-0.2, -0.15) is 5.10 Å². The van der Waals surface area contributed by atoms with Crippen molar-refractivity contribution in [2.45, 2.75) is 51.2 Å². The number of fused-ring (bicyclic) bond motifs is 1. The Bertz CT molecular complexity index is 1470. The molecule has 0 radical (unpaired) electrons. The van der Waals surface area contributed by atoms with E-state index in [0.717, 1.165) is 22.4 Å². The molecular formula is C29H33N5O3. The van der Waals surface area contributed by atoms with E-state index >= 15 is 0 Å². The molecule has 0 aliphatic carbocycles. The lowest BCUT2D eigenvalue weighted by atomic mass is 9.90. The molecule has 8 nitrogen and oxygen atoms in total. The van der Waals surface area contributed by atoms with Gasteiger partial charge in [0, 0.05) is 32.1 Å². The second-order valence-electron chi connectivity index (χ2n) is 10.3. The van der Waals surface area contributed by atoms with Gasteiger partial charge in [0.2, 0.25) is 5.91 Å². The summed E-state index contributed by atoms with van der Waals surface area (Å²) in [4.78, 5) is 32.6. The summed E-state index contributed by atoms with van der Waals surface area (Å²) < 4.78 is 3.13. The van der Waals surface area contributed by atoms with E-state index < -0.39 is 5.60 Å². The third kappa shape index (κ3) is 5.06. The molecule has 0 saturated carbocycles. The Labute approximate surface area is 216 Å². The van der Waals surface area contributed by atoms with Crippen LogP contribution >= 0.6 is 0 Å². The smallest absolute Gasteiger partial charge is 0.281 e. The summed E-state index contributed by atoms with van der Waals surface area (Å²) in [5.41, 5.74) is 3.49. The fourth-order valence-corrected chi connectivity index (χ4v) is 5.18. The number of aromatic nitrogens is 4. The van der Waals surface area contributed by atoms with Crippen molar-refractivity contribution in [2.24, 2.45) is 7.05 Å². The van der Waals surface area contributed by atoms with Crippen LogP contribution in [0.25, 0.3) is 22.3 Å². The normalized spacial score (nSPS) is 16.2. The third-order valence-corrected chi connectivity index (χ3v) is 7.50. The van der Waals surface area contributed by atoms with Crippen molar-refractivity contribution in [3.8, 4) is 11.3 Å². The van der Waals surface area contributed by atoms with Gasteiger partial charge in [-0.1, -0.05) is 67.1 Å². The summed E-state index contributed by atoms with van der Waals surface area (Å²) in [6.45, 7) is 5.13. The summed E-state index contributed by atoms with van der Waals surface area (Å²) in [5.74, 6) is 0.227. The summed E-state index contributed by atoms with van der Waals surface area (Å²) in [5, 5.41) is 15.8. The van der Waals surface area contributed by atoms with Crippen LogP contribution in [0.3, 0.4) is 0 Å². The van der Waals surface area contributed by atoms with Crippen molar-refractivity contribution in [1.29, 1.82) is 0 Å². The number of aryl methyl sites for hydroxylation is 2. The lowest BCUT2D eigenvalue weighted by molar-refractivity contribution is -0.136. The number of nitrogens with zero attached hydrogens (tertiary/aromatic N) is 5. The van der Waals surface area contributed by atoms with Crippen molar-refractivity contribution >= 4 is 16.9 Å². The van der Waals surface area contributed by atoms with E-state index in [2.05, 4.69) is 17.0 Å². The molecule has 37 heavy (non-hydrogen) atoms. The molecule has 0 spiro atoms. The zero-order valence-corrected chi connectivity index (χ0v) is 21.6. The molecule has 1 aliphatic rings. The van der Waals surface area contributed by atoms with Gasteiger partial charge in [-0.05, 0) is 31.2 Å². The van der Waals surface area contributed by atoms with Gasteiger partial charge in [-0.25, -0.2) is 4.98 Å². The molecule has 1 amide bonds. The third-order valence-electron chi connectivity index (χ3n) is 7.50. The number of hydrogen-bond donors (Lipinski definition) is 1. The van der Waals surface area contributed by atoms with E-state index in [1.165, 1.54) is 10.9 Å². The molecule has 1 unspecified atom stereocenters. The molecule has 5 rings (SSSR count). The van der Waals surface area contributed by atoms with Crippen LogP contribution in [0.2, 0.25) is 0 Å². The molecule has 8 heteroatoms. The quantitative estimate of drug-likeness (QED) is 0.437. The van der Waals surface area contributed by atoms with Gasteiger partial charge in [0.25, 0.3) is 5.56 Å². The Hall–Kier alpha value is -3.78. The van der Waals surface area contributed by atoms with Gasteiger partial charge in [-0.3, -0.25) is 18.8 Å². The molecule has 0 bridgehead atoms. The van der Waals surface area contributed by atoms with Gasteiger partial charge in [-0.15, -0.1) is 0 Å². The minimum Gasteiger partial charge on any atom is -0.388 e. The SMILES string of the molecule is Cc1ccc(-c2c3ncn(CC4(O)CCN(C(=O)CC(C)c5ccccc5)CC4)c(=O)c3nn2C)cc1. The highest BCUT2D eigenvalue weighted by atomic mass is 16.3. The van der Waals surface area contributed by atoms with Crippen molar-refractivity contribution in [1.82, 2.24) is 24.2 Å². The number of benzene rings is 2. The number of piperidine rings is 1. The highest BCUT2D eigenvalue weighted by molar-refractivity contribution is 5.89. The molecule has 1 atom stereocenters. The van der Waals surface area contributed by atoms with Crippen LogP contribution in [0.5, 0.6) is 0 Å². The molecule has 192 valence electrons. The van der Waals surface area contributed by atoms with Crippen molar-refractivity contribution < 1.29 is 9.90 Å². The average molecular weight is 500 g/mol. The number of aliphatic hydroxyl groups is 1.